The van der Waals surface area contributed by atoms with Crippen LogP contribution in [0.15, 0.2) is 17.4 Å². The van der Waals surface area contributed by atoms with Crippen molar-refractivity contribution in [3.8, 4) is 0 Å². The van der Waals surface area contributed by atoms with Crippen LogP contribution in [0, 0.1) is 6.92 Å². The molecule has 2 N–H and O–H groups in total. The maximum absolute atomic E-state index is 5.09. The van der Waals surface area contributed by atoms with Gasteiger partial charge >= 0.3 is 0 Å². The van der Waals surface area contributed by atoms with Gasteiger partial charge in [0.25, 0.3) is 0 Å². The van der Waals surface area contributed by atoms with E-state index < -0.39 is 0 Å². The molecule has 1 aromatic heterocycles. The lowest BCUT2D eigenvalue weighted by atomic mass is 10.3. The van der Waals surface area contributed by atoms with Crippen molar-refractivity contribution in [2.75, 3.05) is 27.3 Å². The molecule has 0 saturated carbocycles. The zero-order valence-corrected chi connectivity index (χ0v) is 15.8. The lowest BCUT2D eigenvalue weighted by Gasteiger charge is -2.17. The normalized spacial score (nSPS) is 12.7. The number of hydrogen-bond acceptors (Lipinski definition) is 3. The van der Waals surface area contributed by atoms with E-state index in [1.54, 1.807) is 14.2 Å². The van der Waals surface area contributed by atoms with Crippen molar-refractivity contribution in [3.63, 3.8) is 0 Å². The topological polar surface area (TPSA) is 63.5 Å². The van der Waals surface area contributed by atoms with Gasteiger partial charge in [-0.1, -0.05) is 0 Å². The molecular formula is C14H28IN5O. The van der Waals surface area contributed by atoms with Crippen molar-refractivity contribution in [2.24, 2.45) is 4.99 Å². The van der Waals surface area contributed by atoms with Crippen LogP contribution < -0.4 is 10.6 Å². The monoisotopic (exact) mass is 409 g/mol. The summed E-state index contributed by atoms with van der Waals surface area (Å²) in [5.41, 5.74) is 0. The highest BCUT2D eigenvalue weighted by Gasteiger charge is 2.03. The molecule has 0 spiro atoms. The molecule has 6 nitrogen and oxygen atoms in total. The number of nitrogens with zero attached hydrogens (tertiary/aromatic N) is 3. The summed E-state index contributed by atoms with van der Waals surface area (Å²) in [6.45, 7) is 6.69. The number of aromatic nitrogens is 2. The van der Waals surface area contributed by atoms with E-state index in [4.69, 9.17) is 4.74 Å². The first-order valence-electron chi connectivity index (χ1n) is 7.11. The van der Waals surface area contributed by atoms with E-state index in [2.05, 4.69) is 32.1 Å². The van der Waals surface area contributed by atoms with Crippen LogP contribution >= 0.6 is 24.0 Å². The Morgan fingerprint density at radius 1 is 1.48 bits per heavy atom. The van der Waals surface area contributed by atoms with E-state index >= 15 is 0 Å². The highest BCUT2D eigenvalue weighted by atomic mass is 127. The molecule has 0 aliphatic carbocycles. The van der Waals surface area contributed by atoms with Gasteiger partial charge in [0, 0.05) is 45.7 Å². The van der Waals surface area contributed by atoms with Gasteiger partial charge in [-0.2, -0.15) is 0 Å². The van der Waals surface area contributed by atoms with Crippen molar-refractivity contribution >= 4 is 29.9 Å². The Morgan fingerprint density at radius 3 is 2.81 bits per heavy atom. The fourth-order valence-corrected chi connectivity index (χ4v) is 1.97. The van der Waals surface area contributed by atoms with Crippen molar-refractivity contribution in [2.45, 2.75) is 39.3 Å². The smallest absolute Gasteiger partial charge is 0.191 e. The fourth-order valence-electron chi connectivity index (χ4n) is 1.97. The lowest BCUT2D eigenvalue weighted by molar-refractivity contribution is 0.179. The lowest BCUT2D eigenvalue weighted by Crippen LogP contribution is -2.44. The summed E-state index contributed by atoms with van der Waals surface area (Å²) in [4.78, 5) is 8.41. The quantitative estimate of drug-likeness (QED) is 0.298. The van der Waals surface area contributed by atoms with Gasteiger partial charge in [-0.3, -0.25) is 4.99 Å². The first kappa shape index (κ1) is 20.2. The first-order chi connectivity index (χ1) is 9.67. The van der Waals surface area contributed by atoms with Gasteiger partial charge in [-0.15, -0.1) is 24.0 Å². The number of ether oxygens (including phenoxy) is 1. The van der Waals surface area contributed by atoms with E-state index in [1.807, 2.05) is 19.3 Å². The van der Waals surface area contributed by atoms with Crippen LogP contribution in [0.2, 0.25) is 0 Å². The molecule has 0 aliphatic rings. The molecule has 1 unspecified atom stereocenters. The van der Waals surface area contributed by atoms with E-state index in [-0.39, 0.29) is 30.0 Å². The minimum absolute atomic E-state index is 0. The average Bonchev–Trinajstić information content (AvgIpc) is 2.83. The third-order valence-corrected chi connectivity index (χ3v) is 3.07. The van der Waals surface area contributed by atoms with E-state index in [0.29, 0.717) is 6.61 Å². The molecule has 0 amide bonds. The van der Waals surface area contributed by atoms with Crippen LogP contribution in [0.4, 0.5) is 0 Å². The summed E-state index contributed by atoms with van der Waals surface area (Å²) >= 11 is 0. The van der Waals surface area contributed by atoms with Crippen molar-refractivity contribution < 1.29 is 4.74 Å². The van der Waals surface area contributed by atoms with Crippen LogP contribution in [0.25, 0.3) is 0 Å². The predicted octanol–water partition coefficient (Wildman–Crippen LogP) is 1.79. The molecule has 0 bridgehead atoms. The van der Waals surface area contributed by atoms with Gasteiger partial charge in [0.05, 0.1) is 6.61 Å². The number of imidazole rings is 1. The average molecular weight is 409 g/mol. The summed E-state index contributed by atoms with van der Waals surface area (Å²) in [5, 5.41) is 6.59. The molecule has 21 heavy (non-hydrogen) atoms. The number of aryl methyl sites for hydroxylation is 2. The zero-order valence-electron chi connectivity index (χ0n) is 13.4. The van der Waals surface area contributed by atoms with Crippen molar-refractivity contribution in [3.05, 3.63) is 18.2 Å². The van der Waals surface area contributed by atoms with Crippen molar-refractivity contribution in [1.29, 1.82) is 0 Å². The Bertz CT molecular complexity index is 408. The fraction of sp³-hybridized carbons (Fsp3) is 0.714. The molecule has 0 saturated heterocycles. The molecule has 0 fully saturated rings. The Kier molecular flexibility index (Phi) is 11.3. The summed E-state index contributed by atoms with van der Waals surface area (Å²) in [6.07, 6.45) is 6.08. The maximum Gasteiger partial charge on any atom is 0.191 e. The van der Waals surface area contributed by atoms with E-state index in [0.717, 1.165) is 37.7 Å². The highest BCUT2D eigenvalue weighted by Crippen LogP contribution is 1.99. The van der Waals surface area contributed by atoms with Gasteiger partial charge in [-0.25, -0.2) is 4.98 Å². The number of aliphatic imine (C=N–C) groups is 1. The standard InChI is InChI=1S/C14H27N5O.HI/c1-12(11-20-4)18-14(15-3)17-7-5-6-9-19-10-8-16-13(19)2;/h8,10,12H,5-7,9,11H2,1-4H3,(H2,15,17,18);1H. The summed E-state index contributed by atoms with van der Waals surface area (Å²) in [5.74, 6) is 1.90. The van der Waals surface area contributed by atoms with Crippen LogP contribution in [0.3, 0.4) is 0 Å². The molecule has 1 atom stereocenters. The van der Waals surface area contributed by atoms with Gasteiger partial charge in [-0.05, 0) is 26.7 Å². The first-order valence-corrected chi connectivity index (χ1v) is 7.11. The minimum Gasteiger partial charge on any atom is -0.383 e. The molecule has 0 aliphatic heterocycles. The van der Waals surface area contributed by atoms with Gasteiger partial charge in [0.2, 0.25) is 0 Å². The minimum atomic E-state index is 0. The number of halogens is 1. The molecule has 0 radical (unpaired) electrons. The molecule has 7 heteroatoms. The second kappa shape index (κ2) is 11.8. The number of rotatable bonds is 8. The Morgan fingerprint density at radius 2 is 2.24 bits per heavy atom. The second-order valence-corrected chi connectivity index (χ2v) is 4.87. The third-order valence-electron chi connectivity index (χ3n) is 3.07. The Hall–Kier alpha value is -0.830. The number of unbranched alkanes of at least 4 members (excludes halogenated alkanes) is 1. The Balaban J connectivity index is 0.00000400. The van der Waals surface area contributed by atoms with Crippen LogP contribution in [0.5, 0.6) is 0 Å². The van der Waals surface area contributed by atoms with Crippen LogP contribution in [-0.2, 0) is 11.3 Å². The Labute approximate surface area is 144 Å². The highest BCUT2D eigenvalue weighted by molar-refractivity contribution is 14.0. The molecule has 0 aromatic carbocycles. The van der Waals surface area contributed by atoms with Crippen molar-refractivity contribution in [1.82, 2.24) is 20.2 Å². The number of hydrogen-bond donors (Lipinski definition) is 2. The molecular weight excluding hydrogens is 381 g/mol. The van der Waals surface area contributed by atoms with Crippen LogP contribution in [0.1, 0.15) is 25.6 Å². The maximum atomic E-state index is 5.09. The van der Waals surface area contributed by atoms with Crippen LogP contribution in [-0.4, -0.2) is 48.9 Å². The number of methoxy groups -OCH3 is 1. The van der Waals surface area contributed by atoms with Gasteiger partial charge < -0.3 is 19.9 Å². The molecule has 1 heterocycles. The molecule has 122 valence electrons. The third kappa shape index (κ3) is 8.25. The second-order valence-electron chi connectivity index (χ2n) is 4.87. The molecule has 1 aromatic rings. The zero-order chi connectivity index (χ0) is 14.8. The SMILES string of the molecule is CN=C(NCCCCn1ccnc1C)NC(C)COC.I. The number of guanidine groups is 1. The van der Waals surface area contributed by atoms with E-state index in [9.17, 15) is 0 Å². The van der Waals surface area contributed by atoms with Gasteiger partial charge in [0.15, 0.2) is 5.96 Å². The predicted molar refractivity (Wildman–Crippen MR) is 97.4 cm³/mol. The summed E-state index contributed by atoms with van der Waals surface area (Å²) < 4.78 is 7.26. The summed E-state index contributed by atoms with van der Waals surface area (Å²) in [7, 11) is 3.48. The summed E-state index contributed by atoms with van der Waals surface area (Å²) in [6, 6.07) is 0.250. The molecule has 1 rings (SSSR count). The largest absolute Gasteiger partial charge is 0.383 e. The number of nitrogens with one attached hydrogen (secondary N) is 2. The van der Waals surface area contributed by atoms with Gasteiger partial charge in [0.1, 0.15) is 5.82 Å². The van der Waals surface area contributed by atoms with E-state index in [1.165, 1.54) is 0 Å².